The SMILES string of the molecule is O=c1ncc([N+](=O)[O-])cn1CC(O)CF. The monoisotopic (exact) mass is 217 g/mol. The summed E-state index contributed by atoms with van der Waals surface area (Å²) in [6.07, 6.45) is 0.348. The predicted molar refractivity (Wildman–Crippen MR) is 47.1 cm³/mol. The van der Waals surface area contributed by atoms with Crippen molar-refractivity contribution in [2.24, 2.45) is 0 Å². The number of halogens is 1. The number of nitrogens with zero attached hydrogens (tertiary/aromatic N) is 3. The average Bonchev–Trinajstić information content (AvgIpc) is 2.20. The smallest absolute Gasteiger partial charge is 0.348 e. The van der Waals surface area contributed by atoms with Gasteiger partial charge in [-0.1, -0.05) is 0 Å². The van der Waals surface area contributed by atoms with Crippen molar-refractivity contribution in [3.8, 4) is 0 Å². The number of nitro groups is 1. The Morgan fingerprint density at radius 3 is 2.93 bits per heavy atom. The van der Waals surface area contributed by atoms with Gasteiger partial charge in [0.05, 0.1) is 17.7 Å². The molecule has 82 valence electrons. The van der Waals surface area contributed by atoms with E-state index in [1.165, 1.54) is 0 Å². The van der Waals surface area contributed by atoms with E-state index in [1.807, 2.05) is 0 Å². The molecule has 15 heavy (non-hydrogen) atoms. The normalized spacial score (nSPS) is 12.4. The lowest BCUT2D eigenvalue weighted by atomic mass is 10.4. The van der Waals surface area contributed by atoms with E-state index in [4.69, 9.17) is 5.11 Å². The zero-order valence-corrected chi connectivity index (χ0v) is 7.54. The topological polar surface area (TPSA) is 98.3 Å². The molecule has 1 rings (SSSR count). The van der Waals surface area contributed by atoms with Crippen molar-refractivity contribution in [3.63, 3.8) is 0 Å². The van der Waals surface area contributed by atoms with Crippen molar-refractivity contribution >= 4 is 5.69 Å². The minimum atomic E-state index is -1.37. The van der Waals surface area contributed by atoms with Gasteiger partial charge in [0.1, 0.15) is 19.0 Å². The molecule has 0 radical (unpaired) electrons. The van der Waals surface area contributed by atoms with Crippen LogP contribution in [-0.4, -0.2) is 32.4 Å². The molecule has 0 saturated carbocycles. The van der Waals surface area contributed by atoms with Gasteiger partial charge < -0.3 is 5.11 Å². The number of aliphatic hydroxyl groups is 1. The lowest BCUT2D eigenvalue weighted by Crippen LogP contribution is -2.29. The summed E-state index contributed by atoms with van der Waals surface area (Å²) in [4.78, 5) is 23.9. The molecule has 1 aromatic heterocycles. The highest BCUT2D eigenvalue weighted by atomic mass is 19.1. The van der Waals surface area contributed by atoms with Crippen LogP contribution in [0.3, 0.4) is 0 Å². The van der Waals surface area contributed by atoms with Crippen LogP contribution in [0.2, 0.25) is 0 Å². The molecule has 0 bridgehead atoms. The maximum absolute atomic E-state index is 11.9. The van der Waals surface area contributed by atoms with Crippen molar-refractivity contribution in [1.29, 1.82) is 0 Å². The number of hydrogen-bond acceptors (Lipinski definition) is 5. The van der Waals surface area contributed by atoms with Crippen LogP contribution in [0.1, 0.15) is 0 Å². The molecule has 1 unspecified atom stereocenters. The van der Waals surface area contributed by atoms with Gasteiger partial charge in [0.25, 0.3) is 0 Å². The van der Waals surface area contributed by atoms with Crippen LogP contribution in [0.5, 0.6) is 0 Å². The molecule has 0 saturated heterocycles. The number of rotatable bonds is 4. The largest absolute Gasteiger partial charge is 0.389 e. The molecule has 1 N–H and O–H groups in total. The van der Waals surface area contributed by atoms with E-state index in [1.54, 1.807) is 0 Å². The second-order valence-electron chi connectivity index (χ2n) is 2.81. The van der Waals surface area contributed by atoms with E-state index in [0.29, 0.717) is 0 Å². The molecular weight excluding hydrogens is 209 g/mol. The van der Waals surface area contributed by atoms with Crippen LogP contribution in [-0.2, 0) is 6.54 Å². The van der Waals surface area contributed by atoms with Crippen molar-refractivity contribution in [2.45, 2.75) is 12.6 Å². The molecule has 0 aliphatic carbocycles. The van der Waals surface area contributed by atoms with Crippen molar-refractivity contribution in [1.82, 2.24) is 9.55 Å². The van der Waals surface area contributed by atoms with Crippen LogP contribution in [0.4, 0.5) is 10.1 Å². The fourth-order valence-electron chi connectivity index (χ4n) is 0.945. The van der Waals surface area contributed by atoms with E-state index >= 15 is 0 Å². The molecule has 7 nitrogen and oxygen atoms in total. The average molecular weight is 217 g/mol. The second-order valence-corrected chi connectivity index (χ2v) is 2.81. The Labute approximate surface area is 82.9 Å². The minimum Gasteiger partial charge on any atom is -0.389 e. The minimum absolute atomic E-state index is 0.357. The number of aromatic nitrogens is 2. The first-order valence-corrected chi connectivity index (χ1v) is 3.99. The Balaban J connectivity index is 3.00. The molecule has 0 aromatic carbocycles. The van der Waals surface area contributed by atoms with Crippen molar-refractivity contribution < 1.29 is 14.4 Å². The Morgan fingerprint density at radius 2 is 2.40 bits per heavy atom. The van der Waals surface area contributed by atoms with E-state index in [-0.39, 0.29) is 12.2 Å². The molecule has 1 atom stereocenters. The van der Waals surface area contributed by atoms with E-state index in [2.05, 4.69) is 4.98 Å². The van der Waals surface area contributed by atoms with Crippen molar-refractivity contribution in [3.05, 3.63) is 33.0 Å². The maximum Gasteiger partial charge on any atom is 0.348 e. The predicted octanol–water partition coefficient (Wildman–Crippen LogP) is -0.518. The molecule has 1 aromatic rings. The van der Waals surface area contributed by atoms with Gasteiger partial charge in [-0.25, -0.2) is 9.18 Å². The maximum atomic E-state index is 11.9. The van der Waals surface area contributed by atoms with Crippen LogP contribution in [0.15, 0.2) is 17.2 Å². The van der Waals surface area contributed by atoms with Gasteiger partial charge in [0.2, 0.25) is 0 Å². The third-order valence-electron chi connectivity index (χ3n) is 1.64. The van der Waals surface area contributed by atoms with Crippen LogP contribution in [0, 0.1) is 10.1 Å². The highest BCUT2D eigenvalue weighted by molar-refractivity contribution is 5.20. The zero-order chi connectivity index (χ0) is 11.4. The summed E-state index contributed by atoms with van der Waals surface area (Å²) in [5, 5.41) is 19.3. The Hall–Kier alpha value is -1.83. The van der Waals surface area contributed by atoms with E-state index in [9.17, 15) is 19.3 Å². The van der Waals surface area contributed by atoms with Gasteiger partial charge in [-0.3, -0.25) is 14.7 Å². The number of hydrogen-bond donors (Lipinski definition) is 1. The summed E-state index contributed by atoms with van der Waals surface area (Å²) in [6, 6.07) is 0. The summed E-state index contributed by atoms with van der Waals surface area (Å²) in [5.41, 5.74) is -1.16. The second kappa shape index (κ2) is 4.60. The van der Waals surface area contributed by atoms with Crippen LogP contribution >= 0.6 is 0 Å². The molecule has 0 fully saturated rings. The fraction of sp³-hybridized carbons (Fsp3) is 0.429. The lowest BCUT2D eigenvalue weighted by molar-refractivity contribution is -0.385. The van der Waals surface area contributed by atoms with Gasteiger partial charge >= 0.3 is 11.4 Å². The van der Waals surface area contributed by atoms with Crippen molar-refractivity contribution in [2.75, 3.05) is 6.67 Å². The van der Waals surface area contributed by atoms with Gasteiger partial charge in [-0.15, -0.1) is 0 Å². The summed E-state index contributed by atoms with van der Waals surface area (Å²) in [6.45, 7) is -1.39. The molecule has 1 heterocycles. The third kappa shape index (κ3) is 2.81. The Bertz CT molecular complexity index is 419. The van der Waals surface area contributed by atoms with Gasteiger partial charge in [-0.05, 0) is 0 Å². The molecular formula is C7H8FN3O4. The van der Waals surface area contributed by atoms with E-state index in [0.717, 1.165) is 17.0 Å². The Morgan fingerprint density at radius 1 is 1.73 bits per heavy atom. The highest BCUT2D eigenvalue weighted by Crippen LogP contribution is 2.05. The molecule has 0 amide bonds. The molecule has 0 aliphatic heterocycles. The number of alkyl halides is 1. The van der Waals surface area contributed by atoms with Gasteiger partial charge in [0.15, 0.2) is 0 Å². The van der Waals surface area contributed by atoms with Crippen LogP contribution < -0.4 is 5.69 Å². The fourth-order valence-corrected chi connectivity index (χ4v) is 0.945. The summed E-state index contributed by atoms with van der Waals surface area (Å²) in [7, 11) is 0. The molecule has 0 aliphatic rings. The first kappa shape index (κ1) is 11.2. The standard InChI is InChI=1S/C7H8FN3O4/c8-1-6(12)4-10-3-5(11(14)15)2-9-7(10)13/h2-3,6,12H,1,4H2. The van der Waals surface area contributed by atoms with E-state index < -0.39 is 23.4 Å². The first-order chi connectivity index (χ1) is 7.04. The summed E-state index contributed by atoms with van der Waals surface area (Å²) in [5.74, 6) is 0. The molecule has 0 spiro atoms. The van der Waals surface area contributed by atoms with Crippen LogP contribution in [0.25, 0.3) is 0 Å². The van der Waals surface area contributed by atoms with Gasteiger partial charge in [-0.2, -0.15) is 4.98 Å². The first-order valence-electron chi connectivity index (χ1n) is 3.99. The zero-order valence-electron chi connectivity index (χ0n) is 7.54. The summed E-state index contributed by atoms with van der Waals surface area (Å²) < 4.78 is 12.7. The summed E-state index contributed by atoms with van der Waals surface area (Å²) >= 11 is 0. The quantitative estimate of drug-likeness (QED) is 0.540. The highest BCUT2D eigenvalue weighted by Gasteiger charge is 2.11. The lowest BCUT2D eigenvalue weighted by Gasteiger charge is -2.07. The Kier molecular flexibility index (Phi) is 3.45. The third-order valence-corrected chi connectivity index (χ3v) is 1.64. The molecule has 8 heteroatoms. The van der Waals surface area contributed by atoms with Gasteiger partial charge in [0, 0.05) is 0 Å². The number of aliphatic hydroxyl groups excluding tert-OH is 1.